The first-order valence-electron chi connectivity index (χ1n) is 9.54. The van der Waals surface area contributed by atoms with Gasteiger partial charge in [-0.1, -0.05) is 11.6 Å². The third kappa shape index (κ3) is 6.37. The van der Waals surface area contributed by atoms with Gasteiger partial charge in [0.15, 0.2) is 11.6 Å². The number of rotatable bonds is 8. The molecule has 32 heavy (non-hydrogen) atoms. The van der Waals surface area contributed by atoms with E-state index in [2.05, 4.69) is 9.98 Å². The fourth-order valence-electron chi connectivity index (χ4n) is 2.36. The molecule has 0 aliphatic carbocycles. The summed E-state index contributed by atoms with van der Waals surface area (Å²) >= 11 is 6.15. The molecule has 0 aliphatic rings. The number of carbonyl (C=O) groups is 1. The van der Waals surface area contributed by atoms with Crippen LogP contribution in [0.4, 0.5) is 4.39 Å². The van der Waals surface area contributed by atoms with Crippen molar-refractivity contribution in [3.05, 3.63) is 51.9 Å². The van der Waals surface area contributed by atoms with E-state index in [1.165, 1.54) is 25.3 Å². The molecule has 0 fully saturated rings. The van der Waals surface area contributed by atoms with Crippen LogP contribution in [0.3, 0.4) is 0 Å². The minimum atomic E-state index is -0.844. The molecule has 1 aromatic heterocycles. The highest BCUT2D eigenvalue weighted by Gasteiger charge is 2.17. The predicted molar refractivity (Wildman–Crippen MR) is 116 cm³/mol. The number of pyridine rings is 1. The smallest absolute Gasteiger partial charge is 0.280 e. The lowest BCUT2D eigenvalue weighted by molar-refractivity contribution is 0.100. The van der Waals surface area contributed by atoms with Crippen LogP contribution in [-0.2, 0) is 0 Å². The summed E-state index contributed by atoms with van der Waals surface area (Å²) in [7, 11) is 0. The molecule has 11 heteroatoms. The van der Waals surface area contributed by atoms with E-state index in [-0.39, 0.29) is 51.9 Å². The van der Waals surface area contributed by atoms with Crippen LogP contribution in [-0.4, -0.2) is 46.7 Å². The second-order valence-corrected chi connectivity index (χ2v) is 7.54. The molecule has 5 N–H and O–H groups in total. The van der Waals surface area contributed by atoms with Gasteiger partial charge in [-0.2, -0.15) is 10.3 Å². The largest absolute Gasteiger partial charge is 0.489 e. The normalized spacial score (nSPS) is 13.4. The zero-order valence-electron chi connectivity index (χ0n) is 17.7. The fraction of sp³-hybridized carbons (Fsp3) is 0.333. The Hall–Kier alpha value is -3.26. The van der Waals surface area contributed by atoms with Crippen LogP contribution in [0.2, 0.25) is 5.02 Å². The number of carbonyl (C=O) groups excluding carboxylic acids is 1. The second-order valence-electron chi connectivity index (χ2n) is 7.14. The summed E-state index contributed by atoms with van der Waals surface area (Å²) in [6.07, 6.45) is 0.141. The Morgan fingerprint density at radius 1 is 1.38 bits per heavy atom. The number of aromatic nitrogens is 1. The lowest BCUT2D eigenvalue weighted by Gasteiger charge is -2.16. The third-order valence-electron chi connectivity index (χ3n) is 4.14. The summed E-state index contributed by atoms with van der Waals surface area (Å²) in [5, 5.41) is 18.6. The number of halogens is 2. The molecule has 1 heterocycles. The molecule has 1 aromatic carbocycles. The first-order chi connectivity index (χ1) is 15.0. The molecule has 0 saturated carbocycles. The van der Waals surface area contributed by atoms with Crippen LogP contribution in [0.5, 0.6) is 11.6 Å². The molecule has 0 aliphatic heterocycles. The van der Waals surface area contributed by atoms with Crippen LogP contribution in [0.15, 0.2) is 29.4 Å². The average Bonchev–Trinajstić information content (AvgIpc) is 2.73. The van der Waals surface area contributed by atoms with Gasteiger partial charge in [0.05, 0.1) is 28.8 Å². The van der Waals surface area contributed by atoms with Crippen LogP contribution in [0, 0.1) is 17.1 Å². The Labute approximate surface area is 189 Å². The molecule has 0 spiro atoms. The van der Waals surface area contributed by atoms with Crippen LogP contribution in [0.25, 0.3) is 0 Å². The average molecular weight is 464 g/mol. The molecule has 0 saturated heterocycles. The summed E-state index contributed by atoms with van der Waals surface area (Å²) in [6, 6.07) is 4.59. The number of nitrogens with zero attached hydrogens (tertiary/aromatic N) is 3. The lowest BCUT2D eigenvalue weighted by Crippen LogP contribution is -2.38. The number of ether oxygens (including phenoxy) is 2. The van der Waals surface area contributed by atoms with Gasteiger partial charge in [-0.05, 0) is 32.9 Å². The zero-order valence-corrected chi connectivity index (χ0v) is 18.4. The van der Waals surface area contributed by atoms with E-state index in [1.54, 1.807) is 13.8 Å². The Balaban J connectivity index is 2.26. The Kier molecular flexibility index (Phi) is 8.48. The standard InChI is InChI=1S/C21H23ClFN5O4/c1-10(2)32-21-12(7-24)4-13(8-27-21)20(30)28-19(26)14-5-16(23)18(6-15(14)22)31-9-17(25)11(3)29/h4-6,8,10-11,17,29H,9,25H2,1-3H3,(H2,26,28,30). The summed E-state index contributed by atoms with van der Waals surface area (Å²) < 4.78 is 25.1. The van der Waals surface area contributed by atoms with E-state index in [4.69, 9.17) is 32.5 Å². The van der Waals surface area contributed by atoms with E-state index in [9.17, 15) is 19.6 Å². The molecular formula is C21H23ClFN5O4. The Bertz CT molecular complexity index is 1070. The predicted octanol–water partition coefficient (Wildman–Crippen LogP) is 2.17. The Morgan fingerprint density at radius 3 is 2.66 bits per heavy atom. The van der Waals surface area contributed by atoms with Gasteiger partial charge in [0.25, 0.3) is 5.91 Å². The van der Waals surface area contributed by atoms with Gasteiger partial charge in [-0.15, -0.1) is 0 Å². The third-order valence-corrected chi connectivity index (χ3v) is 4.45. The number of hydrogen-bond donors (Lipinski definition) is 3. The summed E-state index contributed by atoms with van der Waals surface area (Å²) in [6.45, 7) is 4.88. The van der Waals surface area contributed by atoms with Crippen LogP contribution < -0.4 is 20.9 Å². The van der Waals surface area contributed by atoms with Crippen LogP contribution >= 0.6 is 11.6 Å². The molecule has 0 bridgehead atoms. The highest BCUT2D eigenvalue weighted by Crippen LogP contribution is 2.27. The SMILES string of the molecule is CC(C)Oc1ncc(C(=O)N=C(N)c2cc(F)c(OCC(N)C(C)O)cc2Cl)cc1C#N. The number of aliphatic hydroxyl groups is 1. The number of amidine groups is 1. The monoisotopic (exact) mass is 463 g/mol. The number of amides is 1. The van der Waals surface area contributed by atoms with Crippen molar-refractivity contribution in [2.24, 2.45) is 16.5 Å². The van der Waals surface area contributed by atoms with E-state index in [0.717, 1.165) is 6.07 Å². The van der Waals surface area contributed by atoms with Crippen molar-refractivity contribution in [3.63, 3.8) is 0 Å². The molecular weight excluding hydrogens is 441 g/mol. The molecule has 0 radical (unpaired) electrons. The maximum absolute atomic E-state index is 14.4. The van der Waals surface area contributed by atoms with Crippen molar-refractivity contribution in [1.29, 1.82) is 5.26 Å². The number of hydrogen-bond acceptors (Lipinski definition) is 7. The number of benzene rings is 1. The van der Waals surface area contributed by atoms with Crippen molar-refractivity contribution in [2.45, 2.75) is 39.0 Å². The van der Waals surface area contributed by atoms with Gasteiger partial charge in [-0.3, -0.25) is 4.79 Å². The molecule has 1 amide bonds. The zero-order chi connectivity index (χ0) is 24.0. The van der Waals surface area contributed by atoms with Crippen molar-refractivity contribution in [3.8, 4) is 17.7 Å². The van der Waals surface area contributed by atoms with Gasteiger partial charge in [0.2, 0.25) is 5.88 Å². The van der Waals surface area contributed by atoms with Gasteiger partial charge in [0, 0.05) is 17.8 Å². The number of nitriles is 1. The fourth-order valence-corrected chi connectivity index (χ4v) is 2.61. The minimum Gasteiger partial charge on any atom is -0.489 e. The van der Waals surface area contributed by atoms with Gasteiger partial charge in [0.1, 0.15) is 24.1 Å². The minimum absolute atomic E-state index is 0.00994. The summed E-state index contributed by atoms with van der Waals surface area (Å²) in [4.78, 5) is 20.2. The first kappa shape index (κ1) is 25.0. The number of aliphatic imine (C=N–C) groups is 1. The highest BCUT2D eigenvalue weighted by atomic mass is 35.5. The van der Waals surface area contributed by atoms with E-state index >= 15 is 0 Å². The number of nitrogens with two attached hydrogens (primary N) is 2. The molecule has 170 valence electrons. The van der Waals surface area contributed by atoms with Gasteiger partial charge >= 0.3 is 0 Å². The van der Waals surface area contributed by atoms with E-state index in [1.807, 2.05) is 6.07 Å². The van der Waals surface area contributed by atoms with Crippen LogP contribution in [0.1, 0.15) is 42.3 Å². The lowest BCUT2D eigenvalue weighted by atomic mass is 10.1. The first-order valence-corrected chi connectivity index (χ1v) is 9.92. The molecule has 2 unspecified atom stereocenters. The summed E-state index contributed by atoms with van der Waals surface area (Å²) in [5.41, 5.74) is 11.5. The maximum Gasteiger partial charge on any atom is 0.280 e. The molecule has 2 aromatic rings. The Morgan fingerprint density at radius 2 is 2.06 bits per heavy atom. The van der Waals surface area contributed by atoms with Gasteiger partial charge in [-0.25, -0.2) is 9.37 Å². The maximum atomic E-state index is 14.4. The molecule has 2 atom stereocenters. The second kappa shape index (κ2) is 10.9. The highest BCUT2D eigenvalue weighted by molar-refractivity contribution is 6.34. The van der Waals surface area contributed by atoms with Gasteiger partial charge < -0.3 is 26.0 Å². The van der Waals surface area contributed by atoms with E-state index < -0.39 is 23.9 Å². The molecule has 2 rings (SSSR count). The van der Waals surface area contributed by atoms with Crippen molar-refractivity contribution in [1.82, 2.24) is 4.98 Å². The van der Waals surface area contributed by atoms with Crippen molar-refractivity contribution >= 4 is 23.3 Å². The van der Waals surface area contributed by atoms with Crippen molar-refractivity contribution in [2.75, 3.05) is 6.61 Å². The number of aliphatic hydroxyl groups excluding tert-OH is 1. The topological polar surface area (TPSA) is 157 Å². The quantitative estimate of drug-likeness (QED) is 0.397. The van der Waals surface area contributed by atoms with E-state index in [0.29, 0.717) is 0 Å². The van der Waals surface area contributed by atoms with Crippen molar-refractivity contribution < 1.29 is 23.8 Å². The molecule has 9 nitrogen and oxygen atoms in total. The summed E-state index contributed by atoms with van der Waals surface area (Å²) in [5.74, 6) is -2.06.